The number of carbonyl (C=O) groups is 1. The Hall–Kier alpha value is -2.33. The van der Waals surface area contributed by atoms with E-state index in [0.717, 1.165) is 16.7 Å². The summed E-state index contributed by atoms with van der Waals surface area (Å²) in [4.78, 5) is 12.2. The van der Waals surface area contributed by atoms with Crippen LogP contribution >= 0.6 is 0 Å². The van der Waals surface area contributed by atoms with Crippen molar-refractivity contribution in [2.45, 2.75) is 26.4 Å². The zero-order valence-electron chi connectivity index (χ0n) is 11.9. The van der Waals surface area contributed by atoms with Crippen molar-refractivity contribution in [1.29, 1.82) is 0 Å². The first-order valence-corrected chi connectivity index (χ1v) is 6.76. The van der Waals surface area contributed by atoms with Crippen molar-refractivity contribution in [1.82, 2.24) is 0 Å². The lowest BCUT2D eigenvalue weighted by Crippen LogP contribution is -2.11. The van der Waals surface area contributed by atoms with Gasteiger partial charge in [-0.2, -0.15) is 0 Å². The van der Waals surface area contributed by atoms with Crippen molar-refractivity contribution < 1.29 is 19.7 Å². The van der Waals surface area contributed by atoms with Crippen LogP contribution in [0.5, 0.6) is 11.5 Å². The molecule has 0 aromatic heterocycles. The molecule has 0 saturated carbocycles. The molecule has 1 heterocycles. The average molecular weight is 284 g/mol. The molecule has 1 aliphatic heterocycles. The van der Waals surface area contributed by atoms with E-state index >= 15 is 0 Å². The molecule has 3 rings (SSSR count). The first-order chi connectivity index (χ1) is 10.0. The van der Waals surface area contributed by atoms with Crippen LogP contribution in [0.25, 0.3) is 0 Å². The van der Waals surface area contributed by atoms with Gasteiger partial charge in [0.1, 0.15) is 17.4 Å². The van der Waals surface area contributed by atoms with Crippen molar-refractivity contribution >= 4 is 5.97 Å². The van der Waals surface area contributed by atoms with Gasteiger partial charge in [0.15, 0.2) is 0 Å². The Morgan fingerprint density at radius 1 is 1.19 bits per heavy atom. The van der Waals surface area contributed by atoms with E-state index in [0.29, 0.717) is 16.9 Å². The van der Waals surface area contributed by atoms with E-state index < -0.39 is 5.92 Å². The largest absolute Gasteiger partial charge is 0.508 e. The Morgan fingerprint density at radius 3 is 2.67 bits per heavy atom. The number of aliphatic hydroxyl groups excluding tert-OH is 1. The maximum atomic E-state index is 12.2. The molecular formula is C17H16O4. The molecule has 21 heavy (non-hydrogen) atoms. The summed E-state index contributed by atoms with van der Waals surface area (Å²) in [6, 6.07) is 8.75. The molecule has 0 bridgehead atoms. The second-order valence-electron chi connectivity index (χ2n) is 5.40. The van der Waals surface area contributed by atoms with Crippen LogP contribution < -0.4 is 4.74 Å². The first kappa shape index (κ1) is 13.6. The number of fused-ring (bicyclic) bond motifs is 1. The number of benzene rings is 2. The number of ether oxygens (including phenoxy) is 1. The number of aromatic hydroxyl groups is 1. The van der Waals surface area contributed by atoms with Gasteiger partial charge in [0.05, 0.1) is 6.61 Å². The molecule has 1 atom stereocenters. The summed E-state index contributed by atoms with van der Waals surface area (Å²) in [5.41, 5.74) is 3.95. The number of hydrogen-bond donors (Lipinski definition) is 2. The summed E-state index contributed by atoms with van der Waals surface area (Å²) in [6.07, 6.45) is 0. The maximum absolute atomic E-state index is 12.2. The number of aliphatic hydroxyl groups is 1. The summed E-state index contributed by atoms with van der Waals surface area (Å²) in [7, 11) is 0. The van der Waals surface area contributed by atoms with Gasteiger partial charge in [-0.05, 0) is 37.1 Å². The van der Waals surface area contributed by atoms with Gasteiger partial charge in [0.2, 0.25) is 0 Å². The van der Waals surface area contributed by atoms with Crippen LogP contribution in [0.1, 0.15) is 33.7 Å². The third-order valence-electron chi connectivity index (χ3n) is 3.80. The standard InChI is InChI=1S/C17H16O4/c1-9-5-10(2)16-13(6-9)15(17(20)21-16)11-3-4-14(19)12(7-11)8-18/h3-7,15,18-19H,8H2,1-2H3. The Labute approximate surface area is 122 Å². The molecule has 0 aliphatic carbocycles. The van der Waals surface area contributed by atoms with Crippen LogP contribution in [-0.4, -0.2) is 16.2 Å². The van der Waals surface area contributed by atoms with Crippen molar-refractivity contribution in [3.05, 3.63) is 58.1 Å². The summed E-state index contributed by atoms with van der Waals surface area (Å²) in [5, 5.41) is 18.9. The Morgan fingerprint density at radius 2 is 1.95 bits per heavy atom. The smallest absolute Gasteiger partial charge is 0.323 e. The molecule has 4 heteroatoms. The SMILES string of the molecule is Cc1cc(C)c2c(c1)C(c1ccc(O)c(CO)c1)C(=O)O2. The van der Waals surface area contributed by atoms with Crippen LogP contribution in [0.15, 0.2) is 30.3 Å². The number of aryl methyl sites for hydroxylation is 2. The van der Waals surface area contributed by atoms with Crippen LogP contribution in [-0.2, 0) is 11.4 Å². The molecule has 0 fully saturated rings. The average Bonchev–Trinajstić information content (AvgIpc) is 2.76. The van der Waals surface area contributed by atoms with E-state index in [1.807, 2.05) is 26.0 Å². The molecule has 0 amide bonds. The molecule has 108 valence electrons. The molecule has 2 aromatic carbocycles. The van der Waals surface area contributed by atoms with Gasteiger partial charge in [-0.1, -0.05) is 23.8 Å². The Kier molecular flexibility index (Phi) is 3.18. The Balaban J connectivity index is 2.15. The molecule has 2 N–H and O–H groups in total. The fourth-order valence-corrected chi connectivity index (χ4v) is 2.85. The lowest BCUT2D eigenvalue weighted by molar-refractivity contribution is -0.133. The third kappa shape index (κ3) is 2.17. The zero-order chi connectivity index (χ0) is 15.1. The van der Waals surface area contributed by atoms with Crippen molar-refractivity contribution in [3.63, 3.8) is 0 Å². The van der Waals surface area contributed by atoms with E-state index in [2.05, 4.69) is 0 Å². The highest BCUT2D eigenvalue weighted by Gasteiger charge is 2.35. The quantitative estimate of drug-likeness (QED) is 0.657. The normalized spacial score (nSPS) is 16.7. The minimum atomic E-state index is -0.510. The van der Waals surface area contributed by atoms with Gasteiger partial charge >= 0.3 is 5.97 Å². The molecule has 0 spiro atoms. The van der Waals surface area contributed by atoms with Gasteiger partial charge in [-0.3, -0.25) is 4.79 Å². The predicted molar refractivity (Wildman–Crippen MR) is 77.4 cm³/mol. The minimum Gasteiger partial charge on any atom is -0.508 e. The van der Waals surface area contributed by atoms with Crippen LogP contribution in [0.4, 0.5) is 0 Å². The van der Waals surface area contributed by atoms with E-state index in [4.69, 9.17) is 4.74 Å². The van der Waals surface area contributed by atoms with E-state index in [1.54, 1.807) is 12.1 Å². The van der Waals surface area contributed by atoms with Crippen molar-refractivity contribution in [2.24, 2.45) is 0 Å². The summed E-state index contributed by atoms with van der Waals surface area (Å²) >= 11 is 0. The highest BCUT2D eigenvalue weighted by molar-refractivity contribution is 5.90. The minimum absolute atomic E-state index is 0.0215. The lowest BCUT2D eigenvalue weighted by atomic mass is 9.89. The van der Waals surface area contributed by atoms with Gasteiger partial charge < -0.3 is 14.9 Å². The first-order valence-electron chi connectivity index (χ1n) is 6.76. The Bertz CT molecular complexity index is 734. The molecule has 1 unspecified atom stereocenters. The molecule has 4 nitrogen and oxygen atoms in total. The van der Waals surface area contributed by atoms with Crippen molar-refractivity contribution in [2.75, 3.05) is 0 Å². The van der Waals surface area contributed by atoms with Crippen LogP contribution in [0, 0.1) is 13.8 Å². The molecular weight excluding hydrogens is 268 g/mol. The maximum Gasteiger partial charge on any atom is 0.323 e. The summed E-state index contributed by atoms with van der Waals surface area (Å²) < 4.78 is 5.40. The lowest BCUT2D eigenvalue weighted by Gasteiger charge is -2.11. The van der Waals surface area contributed by atoms with Crippen LogP contribution in [0.2, 0.25) is 0 Å². The number of rotatable bonds is 2. The summed E-state index contributed by atoms with van der Waals surface area (Å²) in [5.74, 6) is -0.194. The molecule has 1 aliphatic rings. The van der Waals surface area contributed by atoms with Gasteiger partial charge in [0.25, 0.3) is 0 Å². The van der Waals surface area contributed by atoms with Gasteiger partial charge in [0, 0.05) is 11.1 Å². The topological polar surface area (TPSA) is 66.8 Å². The fraction of sp³-hybridized carbons (Fsp3) is 0.235. The highest BCUT2D eigenvalue weighted by Crippen LogP contribution is 2.42. The van der Waals surface area contributed by atoms with E-state index in [9.17, 15) is 15.0 Å². The second-order valence-corrected chi connectivity index (χ2v) is 5.40. The predicted octanol–water partition coefficient (Wildman–Crippen LogP) is 2.55. The monoisotopic (exact) mass is 284 g/mol. The molecule has 2 aromatic rings. The summed E-state index contributed by atoms with van der Waals surface area (Å²) in [6.45, 7) is 3.61. The number of esters is 1. The number of carbonyl (C=O) groups excluding carboxylic acids is 1. The van der Waals surface area contributed by atoms with Crippen molar-refractivity contribution in [3.8, 4) is 11.5 Å². The van der Waals surface area contributed by atoms with Crippen LogP contribution in [0.3, 0.4) is 0 Å². The number of hydrogen-bond acceptors (Lipinski definition) is 4. The van der Waals surface area contributed by atoms with Gasteiger partial charge in [-0.25, -0.2) is 0 Å². The van der Waals surface area contributed by atoms with E-state index in [1.165, 1.54) is 6.07 Å². The van der Waals surface area contributed by atoms with E-state index in [-0.39, 0.29) is 18.3 Å². The molecule has 0 radical (unpaired) electrons. The highest BCUT2D eigenvalue weighted by atomic mass is 16.5. The van der Waals surface area contributed by atoms with Gasteiger partial charge in [-0.15, -0.1) is 0 Å². The second kappa shape index (κ2) is 4.90. The zero-order valence-corrected chi connectivity index (χ0v) is 11.9. The fourth-order valence-electron chi connectivity index (χ4n) is 2.85. The molecule has 0 saturated heterocycles. The third-order valence-corrected chi connectivity index (χ3v) is 3.80. The number of phenols is 1.